The highest BCUT2D eigenvalue weighted by Gasteiger charge is 2.30. The van der Waals surface area contributed by atoms with Gasteiger partial charge < -0.3 is 35.2 Å². The van der Waals surface area contributed by atoms with E-state index >= 15 is 0 Å². The Labute approximate surface area is 182 Å². The number of methoxy groups -OCH3 is 4. The van der Waals surface area contributed by atoms with Gasteiger partial charge in [-0.25, -0.2) is 0 Å². The molecule has 0 spiro atoms. The van der Waals surface area contributed by atoms with Crippen LogP contribution in [0.4, 0.5) is 0 Å². The minimum absolute atomic E-state index is 0.479. The summed E-state index contributed by atoms with van der Waals surface area (Å²) in [5, 5.41) is 0. The van der Waals surface area contributed by atoms with E-state index in [1.165, 1.54) is 21.1 Å². The van der Waals surface area contributed by atoms with Crippen LogP contribution in [-0.2, 0) is 19.0 Å². The average Bonchev–Trinajstić information content (AvgIpc) is 2.79. The normalized spacial score (nSPS) is 13.8. The van der Waals surface area contributed by atoms with Crippen LogP contribution in [0, 0.1) is 0 Å². The molecule has 3 unspecified atom stereocenters. The third-order valence-corrected chi connectivity index (χ3v) is 4.88. The van der Waals surface area contributed by atoms with E-state index in [9.17, 15) is 4.79 Å². The van der Waals surface area contributed by atoms with Crippen molar-refractivity contribution in [2.24, 2.45) is 11.5 Å². The molecule has 0 saturated carbocycles. The third-order valence-electron chi connectivity index (χ3n) is 4.88. The molecule has 2 aromatic carbocycles. The van der Waals surface area contributed by atoms with Crippen molar-refractivity contribution in [2.75, 3.05) is 28.4 Å². The zero-order valence-corrected chi connectivity index (χ0v) is 18.5. The molecule has 0 fully saturated rings. The topological polar surface area (TPSA) is 115 Å². The molecule has 0 bridgehead atoms. The standard InChI is InChI=1S/C23H30N2O6/c1-13(15-10-16(27-3)12-17(11-15)28-4)21(31-14(2)26)20-18(22(24)29-5)8-7-9-19(20)23(25)30-6/h7-12,21-23H,1,24-25H2,2-6H3. The van der Waals surface area contributed by atoms with Gasteiger partial charge in [-0.2, -0.15) is 0 Å². The fraction of sp³-hybridized carbons (Fsp3) is 0.348. The van der Waals surface area contributed by atoms with Crippen molar-refractivity contribution < 1.29 is 28.5 Å². The number of carbonyl (C=O) groups excluding carboxylic acids is 1. The lowest BCUT2D eigenvalue weighted by Crippen LogP contribution is -2.23. The van der Waals surface area contributed by atoms with E-state index in [1.54, 1.807) is 50.6 Å². The molecule has 0 radical (unpaired) electrons. The zero-order valence-electron chi connectivity index (χ0n) is 18.5. The molecule has 0 aromatic heterocycles. The average molecular weight is 431 g/mol. The van der Waals surface area contributed by atoms with E-state index in [4.69, 9.17) is 35.2 Å². The SMILES string of the molecule is C=C(c1cc(OC)cc(OC)c1)C(OC(C)=O)c1c(C(N)OC)cccc1C(N)OC. The van der Waals surface area contributed by atoms with Gasteiger partial charge in [0.25, 0.3) is 0 Å². The highest BCUT2D eigenvalue weighted by Crippen LogP contribution is 2.41. The van der Waals surface area contributed by atoms with Crippen molar-refractivity contribution in [2.45, 2.75) is 25.5 Å². The Hall–Kier alpha value is -2.91. The van der Waals surface area contributed by atoms with Gasteiger partial charge in [0.1, 0.15) is 24.0 Å². The van der Waals surface area contributed by atoms with Crippen LogP contribution in [0.5, 0.6) is 11.5 Å². The smallest absolute Gasteiger partial charge is 0.303 e. The molecule has 0 heterocycles. The highest BCUT2D eigenvalue weighted by molar-refractivity contribution is 5.76. The number of benzene rings is 2. The van der Waals surface area contributed by atoms with Gasteiger partial charge in [-0.1, -0.05) is 24.8 Å². The molecule has 8 heteroatoms. The first kappa shape index (κ1) is 24.4. The van der Waals surface area contributed by atoms with Crippen LogP contribution in [-0.4, -0.2) is 34.4 Å². The second kappa shape index (κ2) is 10.9. The number of esters is 1. The summed E-state index contributed by atoms with van der Waals surface area (Å²) >= 11 is 0. The largest absolute Gasteiger partial charge is 0.497 e. The molecular formula is C23H30N2O6. The second-order valence-corrected chi connectivity index (χ2v) is 6.78. The maximum atomic E-state index is 12.1. The van der Waals surface area contributed by atoms with Gasteiger partial charge in [-0.3, -0.25) is 4.79 Å². The summed E-state index contributed by atoms with van der Waals surface area (Å²) in [4.78, 5) is 12.1. The molecule has 8 nitrogen and oxygen atoms in total. The molecular weight excluding hydrogens is 400 g/mol. The third kappa shape index (κ3) is 5.62. The Morgan fingerprint density at radius 2 is 1.39 bits per heavy atom. The molecule has 4 N–H and O–H groups in total. The fourth-order valence-corrected chi connectivity index (χ4v) is 3.27. The number of hydrogen-bond donors (Lipinski definition) is 2. The minimum Gasteiger partial charge on any atom is -0.497 e. The Balaban J connectivity index is 2.74. The predicted molar refractivity (Wildman–Crippen MR) is 117 cm³/mol. The van der Waals surface area contributed by atoms with Crippen LogP contribution in [0.1, 0.15) is 47.7 Å². The van der Waals surface area contributed by atoms with Crippen molar-refractivity contribution >= 4 is 11.5 Å². The molecule has 0 aliphatic heterocycles. The molecule has 0 amide bonds. The predicted octanol–water partition coefficient (Wildman–Crippen LogP) is 3.23. The van der Waals surface area contributed by atoms with Gasteiger partial charge in [0, 0.05) is 43.9 Å². The van der Waals surface area contributed by atoms with E-state index in [2.05, 4.69) is 6.58 Å². The van der Waals surface area contributed by atoms with Crippen LogP contribution >= 0.6 is 0 Å². The van der Waals surface area contributed by atoms with E-state index in [0.717, 1.165) is 0 Å². The van der Waals surface area contributed by atoms with E-state index < -0.39 is 24.5 Å². The molecule has 2 aromatic rings. The summed E-state index contributed by atoms with van der Waals surface area (Å²) < 4.78 is 27.1. The molecule has 3 atom stereocenters. The molecule has 0 aliphatic rings. The van der Waals surface area contributed by atoms with Crippen LogP contribution in [0.15, 0.2) is 43.0 Å². The van der Waals surface area contributed by atoms with E-state index in [1.807, 2.05) is 0 Å². The van der Waals surface area contributed by atoms with Gasteiger partial charge in [0.05, 0.1) is 14.2 Å². The molecule has 168 valence electrons. The molecule has 0 aliphatic carbocycles. The first-order valence-corrected chi connectivity index (χ1v) is 9.56. The van der Waals surface area contributed by atoms with Gasteiger partial charge in [0.2, 0.25) is 0 Å². The Morgan fingerprint density at radius 1 is 0.903 bits per heavy atom. The van der Waals surface area contributed by atoms with Gasteiger partial charge >= 0.3 is 5.97 Å². The second-order valence-electron chi connectivity index (χ2n) is 6.78. The van der Waals surface area contributed by atoms with Crippen LogP contribution < -0.4 is 20.9 Å². The lowest BCUT2D eigenvalue weighted by Gasteiger charge is -2.28. The van der Waals surface area contributed by atoms with Crippen molar-refractivity contribution in [1.82, 2.24) is 0 Å². The fourth-order valence-electron chi connectivity index (χ4n) is 3.27. The quantitative estimate of drug-likeness (QED) is 0.436. The Kier molecular flexibility index (Phi) is 8.58. The van der Waals surface area contributed by atoms with Crippen LogP contribution in [0.3, 0.4) is 0 Å². The maximum Gasteiger partial charge on any atom is 0.303 e. The maximum absolute atomic E-state index is 12.1. The Morgan fingerprint density at radius 3 is 1.77 bits per heavy atom. The first-order valence-electron chi connectivity index (χ1n) is 9.56. The molecule has 2 rings (SSSR count). The summed E-state index contributed by atoms with van der Waals surface area (Å²) in [7, 11) is 6.07. The van der Waals surface area contributed by atoms with Crippen molar-refractivity contribution in [1.29, 1.82) is 0 Å². The van der Waals surface area contributed by atoms with Crippen LogP contribution in [0.25, 0.3) is 5.57 Å². The summed E-state index contributed by atoms with van der Waals surface area (Å²) in [5.41, 5.74) is 15.2. The summed E-state index contributed by atoms with van der Waals surface area (Å²) in [6.07, 6.45) is -2.49. The molecule has 0 saturated heterocycles. The highest BCUT2D eigenvalue weighted by atomic mass is 16.5. The van der Waals surface area contributed by atoms with Crippen molar-refractivity contribution in [3.63, 3.8) is 0 Å². The zero-order chi connectivity index (χ0) is 23.1. The summed E-state index contributed by atoms with van der Waals surface area (Å²) in [5.74, 6) is 0.624. The number of ether oxygens (including phenoxy) is 5. The van der Waals surface area contributed by atoms with Crippen molar-refractivity contribution in [3.8, 4) is 11.5 Å². The van der Waals surface area contributed by atoms with Gasteiger partial charge in [-0.15, -0.1) is 0 Å². The van der Waals surface area contributed by atoms with Gasteiger partial charge in [-0.05, 0) is 23.3 Å². The van der Waals surface area contributed by atoms with E-state index in [0.29, 0.717) is 39.3 Å². The lowest BCUT2D eigenvalue weighted by atomic mass is 9.88. The number of hydrogen-bond acceptors (Lipinski definition) is 8. The monoisotopic (exact) mass is 430 g/mol. The minimum atomic E-state index is -0.914. The number of nitrogens with two attached hydrogens (primary N) is 2. The number of rotatable bonds is 10. The summed E-state index contributed by atoms with van der Waals surface area (Å²) in [6, 6.07) is 10.6. The van der Waals surface area contributed by atoms with Gasteiger partial charge in [0.15, 0.2) is 6.10 Å². The van der Waals surface area contributed by atoms with Crippen LogP contribution in [0.2, 0.25) is 0 Å². The van der Waals surface area contributed by atoms with Crippen molar-refractivity contribution in [3.05, 3.63) is 65.2 Å². The Bertz CT molecular complexity index is 880. The number of carbonyl (C=O) groups is 1. The first-order chi connectivity index (χ1) is 14.8. The lowest BCUT2D eigenvalue weighted by molar-refractivity contribution is -0.144. The molecule has 31 heavy (non-hydrogen) atoms. The summed E-state index contributed by atoms with van der Waals surface area (Å²) in [6.45, 7) is 5.53. The van der Waals surface area contributed by atoms with E-state index in [-0.39, 0.29) is 0 Å².